The SMILES string of the molecule is NCc1cc(COc2c(F)c(F)cc(F)c2F)ccn1. The smallest absolute Gasteiger partial charge is 0.203 e. The first-order valence-corrected chi connectivity index (χ1v) is 5.62. The van der Waals surface area contributed by atoms with Crippen molar-refractivity contribution in [3.05, 3.63) is 58.9 Å². The third kappa shape index (κ3) is 2.88. The Kier molecular flexibility index (Phi) is 4.19. The maximum Gasteiger partial charge on any atom is 0.203 e. The second-order valence-corrected chi connectivity index (χ2v) is 3.95. The van der Waals surface area contributed by atoms with Crippen LogP contribution in [0.2, 0.25) is 0 Å². The van der Waals surface area contributed by atoms with Gasteiger partial charge in [-0.2, -0.15) is 8.78 Å². The van der Waals surface area contributed by atoms with Gasteiger partial charge in [0, 0.05) is 18.8 Å². The topological polar surface area (TPSA) is 48.1 Å². The van der Waals surface area contributed by atoms with E-state index in [-0.39, 0.29) is 19.2 Å². The summed E-state index contributed by atoms with van der Waals surface area (Å²) in [5.41, 5.74) is 6.46. The first-order valence-electron chi connectivity index (χ1n) is 5.62. The van der Waals surface area contributed by atoms with Crippen LogP contribution in [0, 0.1) is 23.3 Å². The van der Waals surface area contributed by atoms with E-state index in [0.29, 0.717) is 11.3 Å². The minimum Gasteiger partial charge on any atom is -0.483 e. The zero-order chi connectivity index (χ0) is 14.7. The minimum absolute atomic E-state index is 0.122. The van der Waals surface area contributed by atoms with Crippen LogP contribution in [-0.4, -0.2) is 4.98 Å². The Morgan fingerprint density at radius 1 is 1.05 bits per heavy atom. The molecule has 3 nitrogen and oxygen atoms in total. The van der Waals surface area contributed by atoms with Gasteiger partial charge in [-0.05, 0) is 17.7 Å². The van der Waals surface area contributed by atoms with E-state index in [4.69, 9.17) is 10.5 Å². The summed E-state index contributed by atoms with van der Waals surface area (Å²) in [7, 11) is 0. The minimum atomic E-state index is -1.57. The van der Waals surface area contributed by atoms with Crippen molar-refractivity contribution >= 4 is 0 Å². The van der Waals surface area contributed by atoms with Gasteiger partial charge in [0.25, 0.3) is 0 Å². The zero-order valence-electron chi connectivity index (χ0n) is 10.2. The fourth-order valence-corrected chi connectivity index (χ4v) is 1.56. The molecule has 2 aromatic rings. The van der Waals surface area contributed by atoms with E-state index in [1.165, 1.54) is 12.3 Å². The number of hydrogen-bond acceptors (Lipinski definition) is 3. The van der Waals surface area contributed by atoms with E-state index >= 15 is 0 Å². The number of halogens is 4. The average Bonchev–Trinajstić information content (AvgIpc) is 2.45. The maximum atomic E-state index is 13.4. The van der Waals surface area contributed by atoms with Gasteiger partial charge in [-0.15, -0.1) is 0 Å². The normalized spacial score (nSPS) is 10.7. The summed E-state index contributed by atoms with van der Waals surface area (Å²) < 4.78 is 57.5. The summed E-state index contributed by atoms with van der Waals surface area (Å²) in [4.78, 5) is 3.93. The number of rotatable bonds is 4. The standard InChI is InChI=1S/C13H10F4N2O/c14-9-4-10(15)12(17)13(11(9)16)20-6-7-1-2-19-8(3-7)5-18/h1-4H,5-6,18H2. The predicted molar refractivity (Wildman–Crippen MR) is 62.7 cm³/mol. The molecule has 7 heteroatoms. The Morgan fingerprint density at radius 2 is 1.70 bits per heavy atom. The van der Waals surface area contributed by atoms with Crippen LogP contribution < -0.4 is 10.5 Å². The molecule has 0 fully saturated rings. The molecule has 0 atom stereocenters. The molecule has 1 aromatic carbocycles. The summed E-state index contributed by atoms with van der Waals surface area (Å²) in [5.74, 6) is -7.27. The molecule has 1 heterocycles. The largest absolute Gasteiger partial charge is 0.483 e. The fourth-order valence-electron chi connectivity index (χ4n) is 1.56. The summed E-state index contributed by atoms with van der Waals surface area (Å²) >= 11 is 0. The lowest BCUT2D eigenvalue weighted by Gasteiger charge is -2.10. The van der Waals surface area contributed by atoms with Crippen molar-refractivity contribution in [1.82, 2.24) is 4.98 Å². The lowest BCUT2D eigenvalue weighted by atomic mass is 10.2. The Labute approximate surface area is 112 Å². The molecule has 0 aliphatic heterocycles. The van der Waals surface area contributed by atoms with E-state index in [1.807, 2.05) is 0 Å². The number of nitrogens with two attached hydrogens (primary N) is 1. The molecule has 0 bridgehead atoms. The molecule has 0 saturated heterocycles. The van der Waals surface area contributed by atoms with E-state index in [0.717, 1.165) is 0 Å². The molecule has 106 valence electrons. The highest BCUT2D eigenvalue weighted by Gasteiger charge is 2.20. The van der Waals surface area contributed by atoms with Crippen molar-refractivity contribution in [2.45, 2.75) is 13.2 Å². The van der Waals surface area contributed by atoms with Crippen LogP contribution >= 0.6 is 0 Å². The quantitative estimate of drug-likeness (QED) is 0.694. The highest BCUT2D eigenvalue weighted by atomic mass is 19.2. The fraction of sp³-hybridized carbons (Fsp3) is 0.154. The Morgan fingerprint density at radius 3 is 2.30 bits per heavy atom. The molecule has 2 N–H and O–H groups in total. The molecular weight excluding hydrogens is 276 g/mol. The molecule has 0 unspecified atom stereocenters. The van der Waals surface area contributed by atoms with Gasteiger partial charge < -0.3 is 10.5 Å². The van der Waals surface area contributed by atoms with E-state index in [9.17, 15) is 17.6 Å². The van der Waals surface area contributed by atoms with Crippen LogP contribution in [0.15, 0.2) is 24.4 Å². The lowest BCUT2D eigenvalue weighted by Crippen LogP contribution is -2.05. The number of benzene rings is 1. The number of nitrogens with zero attached hydrogens (tertiary/aromatic N) is 1. The average molecular weight is 286 g/mol. The van der Waals surface area contributed by atoms with E-state index in [2.05, 4.69) is 4.98 Å². The second-order valence-electron chi connectivity index (χ2n) is 3.95. The number of pyridine rings is 1. The van der Waals surface area contributed by atoms with Crippen molar-refractivity contribution in [2.24, 2.45) is 5.73 Å². The molecule has 0 amide bonds. The molecule has 0 aliphatic rings. The summed E-state index contributed by atoms with van der Waals surface area (Å²) in [6, 6.07) is 3.21. The van der Waals surface area contributed by atoms with Crippen molar-refractivity contribution in [2.75, 3.05) is 0 Å². The van der Waals surface area contributed by atoms with Crippen LogP contribution in [-0.2, 0) is 13.2 Å². The Balaban J connectivity index is 2.22. The molecule has 0 saturated carbocycles. The van der Waals surface area contributed by atoms with Gasteiger partial charge in [0.05, 0.1) is 5.69 Å². The first-order chi connectivity index (χ1) is 9.52. The first kappa shape index (κ1) is 14.3. The lowest BCUT2D eigenvalue weighted by molar-refractivity contribution is 0.261. The second kappa shape index (κ2) is 5.87. The summed E-state index contributed by atoms with van der Waals surface area (Å²) in [6.07, 6.45) is 1.44. The molecule has 2 rings (SSSR count). The van der Waals surface area contributed by atoms with Gasteiger partial charge in [-0.1, -0.05) is 0 Å². The number of ether oxygens (including phenoxy) is 1. The highest BCUT2D eigenvalue weighted by molar-refractivity contribution is 5.29. The summed E-state index contributed by atoms with van der Waals surface area (Å²) in [6.45, 7) is -0.0859. The van der Waals surface area contributed by atoms with Gasteiger partial charge in [-0.3, -0.25) is 4.98 Å². The molecule has 0 radical (unpaired) electrons. The van der Waals surface area contributed by atoms with E-state index in [1.54, 1.807) is 6.07 Å². The van der Waals surface area contributed by atoms with Gasteiger partial charge >= 0.3 is 0 Å². The Bertz CT molecular complexity index is 608. The Hall–Kier alpha value is -2.15. The van der Waals surface area contributed by atoms with E-state index < -0.39 is 29.0 Å². The molecule has 0 spiro atoms. The van der Waals surface area contributed by atoms with Crippen LogP contribution in [0.4, 0.5) is 17.6 Å². The molecule has 0 aliphatic carbocycles. The summed E-state index contributed by atoms with van der Waals surface area (Å²) in [5, 5.41) is 0. The van der Waals surface area contributed by atoms with Crippen LogP contribution in [0.25, 0.3) is 0 Å². The predicted octanol–water partition coefficient (Wildman–Crippen LogP) is 2.68. The highest BCUT2D eigenvalue weighted by Crippen LogP contribution is 2.27. The van der Waals surface area contributed by atoms with Gasteiger partial charge in [0.15, 0.2) is 17.4 Å². The monoisotopic (exact) mass is 286 g/mol. The number of aromatic nitrogens is 1. The van der Waals surface area contributed by atoms with Gasteiger partial charge in [0.2, 0.25) is 11.6 Å². The molecule has 20 heavy (non-hydrogen) atoms. The van der Waals surface area contributed by atoms with Gasteiger partial charge in [-0.25, -0.2) is 8.78 Å². The van der Waals surface area contributed by atoms with Crippen molar-refractivity contribution < 1.29 is 22.3 Å². The molecular formula is C13H10F4N2O. The van der Waals surface area contributed by atoms with Gasteiger partial charge in [0.1, 0.15) is 6.61 Å². The maximum absolute atomic E-state index is 13.4. The third-order valence-corrected chi connectivity index (χ3v) is 2.54. The third-order valence-electron chi connectivity index (χ3n) is 2.54. The molecule has 1 aromatic heterocycles. The van der Waals surface area contributed by atoms with Crippen molar-refractivity contribution in [3.8, 4) is 5.75 Å². The van der Waals surface area contributed by atoms with Crippen LogP contribution in [0.3, 0.4) is 0 Å². The van der Waals surface area contributed by atoms with Crippen LogP contribution in [0.5, 0.6) is 5.75 Å². The van der Waals surface area contributed by atoms with Crippen molar-refractivity contribution in [3.63, 3.8) is 0 Å². The van der Waals surface area contributed by atoms with Crippen molar-refractivity contribution in [1.29, 1.82) is 0 Å². The van der Waals surface area contributed by atoms with Crippen LogP contribution in [0.1, 0.15) is 11.3 Å². The number of hydrogen-bond donors (Lipinski definition) is 1. The zero-order valence-corrected chi connectivity index (χ0v) is 10.2.